The van der Waals surface area contributed by atoms with Crippen LogP contribution < -0.4 is 4.74 Å². The zero-order chi connectivity index (χ0) is 8.27. The van der Waals surface area contributed by atoms with Crippen LogP contribution in [0, 0.1) is 0 Å². The van der Waals surface area contributed by atoms with Crippen molar-refractivity contribution in [2.45, 2.75) is 6.92 Å². The molecular formula is C7H7ClO3. The number of carbonyl (C=O) groups excluding carboxylic acids is 1. The average Bonchev–Trinajstić information content (AvgIpc) is 2.37. The molecule has 0 spiro atoms. The van der Waals surface area contributed by atoms with E-state index in [1.165, 1.54) is 12.3 Å². The monoisotopic (exact) mass is 174 g/mol. The van der Waals surface area contributed by atoms with Gasteiger partial charge in [0.05, 0.1) is 12.2 Å². The fourth-order valence-electron chi connectivity index (χ4n) is 0.638. The van der Waals surface area contributed by atoms with Crippen molar-refractivity contribution in [3.05, 3.63) is 17.9 Å². The molecule has 0 aliphatic heterocycles. The molecule has 0 fully saturated rings. The van der Waals surface area contributed by atoms with Crippen molar-refractivity contribution in [1.82, 2.24) is 0 Å². The molecule has 0 bridgehead atoms. The molecule has 1 heterocycles. The maximum absolute atomic E-state index is 10.5. The Bertz CT molecular complexity index is 254. The van der Waals surface area contributed by atoms with Gasteiger partial charge in [0.15, 0.2) is 0 Å². The minimum absolute atomic E-state index is 0.315. The molecule has 0 aromatic carbocycles. The van der Waals surface area contributed by atoms with Crippen LogP contribution in [0.1, 0.15) is 17.3 Å². The van der Waals surface area contributed by atoms with Crippen molar-refractivity contribution in [2.24, 2.45) is 0 Å². The van der Waals surface area contributed by atoms with Crippen molar-refractivity contribution in [2.75, 3.05) is 6.61 Å². The molecule has 0 saturated carbocycles. The SMILES string of the molecule is CCOc1cc(C(=O)Cl)co1. The Hall–Kier alpha value is -0.960. The smallest absolute Gasteiger partial charge is 0.284 e. The summed E-state index contributed by atoms with van der Waals surface area (Å²) in [5, 5.41) is -0.542. The number of halogens is 1. The molecule has 0 unspecified atom stereocenters. The molecule has 1 rings (SSSR count). The molecule has 4 heteroatoms. The topological polar surface area (TPSA) is 39.4 Å². The zero-order valence-corrected chi connectivity index (χ0v) is 6.72. The van der Waals surface area contributed by atoms with E-state index in [1.54, 1.807) is 0 Å². The molecule has 3 nitrogen and oxygen atoms in total. The zero-order valence-electron chi connectivity index (χ0n) is 5.96. The highest BCUT2D eigenvalue weighted by atomic mass is 35.5. The van der Waals surface area contributed by atoms with E-state index in [4.69, 9.17) is 20.8 Å². The molecule has 0 atom stereocenters. The number of hydrogen-bond acceptors (Lipinski definition) is 3. The molecule has 0 aliphatic carbocycles. The van der Waals surface area contributed by atoms with E-state index in [9.17, 15) is 4.79 Å². The first-order chi connectivity index (χ1) is 5.24. The van der Waals surface area contributed by atoms with Gasteiger partial charge in [-0.15, -0.1) is 0 Å². The quantitative estimate of drug-likeness (QED) is 0.659. The highest BCUT2D eigenvalue weighted by molar-refractivity contribution is 6.67. The van der Waals surface area contributed by atoms with Gasteiger partial charge in [0, 0.05) is 6.07 Å². The number of rotatable bonds is 3. The van der Waals surface area contributed by atoms with Gasteiger partial charge in [-0.1, -0.05) is 0 Å². The number of furan rings is 1. The molecule has 0 radical (unpaired) electrons. The average molecular weight is 175 g/mol. The van der Waals surface area contributed by atoms with Gasteiger partial charge in [0.25, 0.3) is 11.2 Å². The molecule has 0 amide bonds. The Morgan fingerprint density at radius 3 is 3.00 bits per heavy atom. The van der Waals surface area contributed by atoms with E-state index < -0.39 is 5.24 Å². The lowest BCUT2D eigenvalue weighted by Gasteiger charge is -1.92. The van der Waals surface area contributed by atoms with Crippen LogP contribution in [0.5, 0.6) is 5.95 Å². The molecule has 1 aromatic rings. The Labute approximate surface area is 68.9 Å². The molecular weight excluding hydrogens is 168 g/mol. The lowest BCUT2D eigenvalue weighted by molar-refractivity contribution is 0.108. The second kappa shape index (κ2) is 3.44. The number of carbonyl (C=O) groups is 1. The van der Waals surface area contributed by atoms with E-state index in [2.05, 4.69) is 0 Å². The van der Waals surface area contributed by atoms with Gasteiger partial charge in [0.2, 0.25) is 0 Å². The molecule has 0 N–H and O–H groups in total. The molecule has 11 heavy (non-hydrogen) atoms. The standard InChI is InChI=1S/C7H7ClO3/c1-2-10-6-3-5(4-11-6)7(8)9/h3-4H,2H2,1H3. The predicted octanol–water partition coefficient (Wildman–Crippen LogP) is 2.06. The fourth-order valence-corrected chi connectivity index (χ4v) is 0.737. The third kappa shape index (κ3) is 1.98. The number of ether oxygens (including phenoxy) is 1. The van der Waals surface area contributed by atoms with Crippen molar-refractivity contribution in [3.63, 3.8) is 0 Å². The first-order valence-corrected chi connectivity index (χ1v) is 3.53. The van der Waals surface area contributed by atoms with Crippen LogP contribution in [0.4, 0.5) is 0 Å². The molecule has 0 aliphatic rings. The summed E-state index contributed by atoms with van der Waals surface area (Å²) < 4.78 is 9.80. The third-order valence-corrected chi connectivity index (χ3v) is 1.31. The van der Waals surface area contributed by atoms with E-state index in [-0.39, 0.29) is 0 Å². The highest BCUT2D eigenvalue weighted by Crippen LogP contribution is 2.16. The second-order valence-electron chi connectivity index (χ2n) is 1.86. The van der Waals surface area contributed by atoms with Gasteiger partial charge < -0.3 is 9.15 Å². The van der Waals surface area contributed by atoms with E-state index in [0.29, 0.717) is 18.1 Å². The van der Waals surface area contributed by atoms with Crippen molar-refractivity contribution in [1.29, 1.82) is 0 Å². The predicted molar refractivity (Wildman–Crippen MR) is 40.1 cm³/mol. The van der Waals surface area contributed by atoms with Gasteiger partial charge in [-0.25, -0.2) is 0 Å². The highest BCUT2D eigenvalue weighted by Gasteiger charge is 2.06. The van der Waals surface area contributed by atoms with Crippen LogP contribution in [0.25, 0.3) is 0 Å². The number of hydrogen-bond donors (Lipinski definition) is 0. The summed E-state index contributed by atoms with van der Waals surface area (Å²) in [5.41, 5.74) is 0.315. The van der Waals surface area contributed by atoms with Crippen LogP contribution in [0.3, 0.4) is 0 Å². The van der Waals surface area contributed by atoms with Crippen LogP contribution in [-0.4, -0.2) is 11.8 Å². The molecule has 0 saturated heterocycles. The summed E-state index contributed by atoms with van der Waals surface area (Å²) in [5.74, 6) is 0.316. The second-order valence-corrected chi connectivity index (χ2v) is 2.20. The van der Waals surface area contributed by atoms with Crippen LogP contribution >= 0.6 is 11.6 Å². The van der Waals surface area contributed by atoms with Crippen molar-refractivity contribution < 1.29 is 13.9 Å². The van der Waals surface area contributed by atoms with E-state index in [1.807, 2.05) is 6.92 Å². The first-order valence-electron chi connectivity index (χ1n) is 3.15. The third-order valence-electron chi connectivity index (χ3n) is 1.09. The minimum Gasteiger partial charge on any atom is -0.465 e. The van der Waals surface area contributed by atoms with Gasteiger partial charge in [-0.3, -0.25) is 4.79 Å². The Balaban J connectivity index is 2.73. The lowest BCUT2D eigenvalue weighted by atomic mass is 10.4. The van der Waals surface area contributed by atoms with Gasteiger partial charge in [-0.05, 0) is 18.5 Å². The van der Waals surface area contributed by atoms with Crippen molar-refractivity contribution in [3.8, 4) is 5.95 Å². The summed E-state index contributed by atoms with van der Waals surface area (Å²) >= 11 is 5.16. The molecule has 1 aromatic heterocycles. The molecule has 60 valence electrons. The summed E-state index contributed by atoms with van der Waals surface area (Å²) in [6.45, 7) is 2.33. The minimum atomic E-state index is -0.542. The van der Waals surface area contributed by atoms with Gasteiger partial charge in [-0.2, -0.15) is 0 Å². The first kappa shape index (κ1) is 8.14. The van der Waals surface area contributed by atoms with Gasteiger partial charge >= 0.3 is 0 Å². The lowest BCUT2D eigenvalue weighted by Crippen LogP contribution is -1.88. The van der Waals surface area contributed by atoms with E-state index >= 15 is 0 Å². The van der Waals surface area contributed by atoms with Crippen LogP contribution in [0.15, 0.2) is 16.7 Å². The van der Waals surface area contributed by atoms with Gasteiger partial charge in [0.1, 0.15) is 6.26 Å². The Morgan fingerprint density at radius 1 is 1.82 bits per heavy atom. The van der Waals surface area contributed by atoms with Crippen molar-refractivity contribution >= 4 is 16.8 Å². The Morgan fingerprint density at radius 2 is 2.55 bits per heavy atom. The maximum atomic E-state index is 10.5. The van der Waals surface area contributed by atoms with Crippen LogP contribution in [-0.2, 0) is 0 Å². The Kier molecular flexibility index (Phi) is 2.54. The summed E-state index contributed by atoms with van der Waals surface area (Å²) in [7, 11) is 0. The van der Waals surface area contributed by atoms with Crippen LogP contribution in [0.2, 0.25) is 0 Å². The fraction of sp³-hybridized carbons (Fsp3) is 0.286. The summed E-state index contributed by atoms with van der Waals surface area (Å²) in [6.07, 6.45) is 1.26. The largest absolute Gasteiger partial charge is 0.465 e. The van der Waals surface area contributed by atoms with E-state index in [0.717, 1.165) is 0 Å². The summed E-state index contributed by atoms with van der Waals surface area (Å²) in [4.78, 5) is 10.5. The maximum Gasteiger partial charge on any atom is 0.284 e. The normalized spacial score (nSPS) is 9.64. The summed E-state index contributed by atoms with van der Waals surface area (Å²) in [6, 6.07) is 1.46.